The molecule has 154 valence electrons. The predicted octanol–water partition coefficient (Wildman–Crippen LogP) is 1.36. The summed E-state index contributed by atoms with van der Waals surface area (Å²) in [6.07, 6.45) is 3.75. The topological polar surface area (TPSA) is 72.9 Å². The summed E-state index contributed by atoms with van der Waals surface area (Å²) in [5.74, 6) is 0.551. The number of anilines is 1. The van der Waals surface area contributed by atoms with E-state index >= 15 is 0 Å². The van der Waals surface area contributed by atoms with Crippen molar-refractivity contribution in [2.45, 2.75) is 26.7 Å². The van der Waals surface area contributed by atoms with Gasteiger partial charge in [0.1, 0.15) is 0 Å². The summed E-state index contributed by atoms with van der Waals surface area (Å²) in [7, 11) is 0. The van der Waals surface area contributed by atoms with Crippen LogP contribution in [0.3, 0.4) is 0 Å². The van der Waals surface area contributed by atoms with E-state index in [0.29, 0.717) is 38.7 Å². The van der Waals surface area contributed by atoms with Gasteiger partial charge < -0.3 is 14.7 Å². The molecule has 2 amide bonds. The van der Waals surface area contributed by atoms with Crippen molar-refractivity contribution in [3.05, 3.63) is 16.9 Å². The van der Waals surface area contributed by atoms with Crippen LogP contribution in [-0.2, 0) is 4.79 Å². The first-order valence-corrected chi connectivity index (χ1v) is 10.5. The van der Waals surface area contributed by atoms with Crippen LogP contribution in [0.1, 0.15) is 37.2 Å². The van der Waals surface area contributed by atoms with Crippen molar-refractivity contribution in [3.8, 4) is 0 Å². The van der Waals surface area contributed by atoms with E-state index in [1.165, 1.54) is 6.20 Å². The van der Waals surface area contributed by atoms with Gasteiger partial charge in [-0.25, -0.2) is 9.97 Å². The lowest BCUT2D eigenvalue weighted by Gasteiger charge is -2.35. The Morgan fingerprint density at radius 3 is 2.32 bits per heavy atom. The first-order valence-electron chi connectivity index (χ1n) is 10.1. The van der Waals surface area contributed by atoms with Gasteiger partial charge in [-0.2, -0.15) is 0 Å². The molecule has 1 aromatic heterocycles. The molecule has 3 heterocycles. The highest BCUT2D eigenvalue weighted by molar-refractivity contribution is 6.33. The molecule has 2 aliphatic heterocycles. The van der Waals surface area contributed by atoms with E-state index in [9.17, 15) is 9.59 Å². The molecular formula is C19H29ClN6O2. The zero-order valence-corrected chi connectivity index (χ0v) is 17.5. The van der Waals surface area contributed by atoms with Gasteiger partial charge in [-0.15, -0.1) is 0 Å². The van der Waals surface area contributed by atoms with Crippen LogP contribution in [-0.4, -0.2) is 95.4 Å². The maximum Gasteiger partial charge on any atom is 0.274 e. The molecule has 28 heavy (non-hydrogen) atoms. The molecule has 0 radical (unpaired) electrons. The summed E-state index contributed by atoms with van der Waals surface area (Å²) >= 11 is 6.23. The monoisotopic (exact) mass is 408 g/mol. The zero-order chi connectivity index (χ0) is 20.1. The molecule has 0 N–H and O–H groups in total. The summed E-state index contributed by atoms with van der Waals surface area (Å²) < 4.78 is 0. The summed E-state index contributed by atoms with van der Waals surface area (Å²) in [6, 6.07) is 0. The van der Waals surface area contributed by atoms with Crippen molar-refractivity contribution in [2.75, 3.05) is 63.8 Å². The third kappa shape index (κ3) is 4.72. The number of carbonyl (C=O) groups is 2. The number of nitrogens with zero attached hydrogens (tertiary/aromatic N) is 6. The Morgan fingerprint density at radius 1 is 1.07 bits per heavy atom. The minimum Gasteiger partial charge on any atom is -0.342 e. The molecule has 3 rings (SSSR count). The minimum absolute atomic E-state index is 0.138. The minimum atomic E-state index is -0.164. The van der Waals surface area contributed by atoms with Gasteiger partial charge >= 0.3 is 0 Å². The van der Waals surface area contributed by atoms with E-state index in [2.05, 4.69) is 19.8 Å². The highest BCUT2D eigenvalue weighted by Crippen LogP contribution is 2.21. The molecule has 2 fully saturated rings. The number of piperazine rings is 1. The lowest BCUT2D eigenvalue weighted by molar-refractivity contribution is -0.132. The number of hydrogen-bond donors (Lipinski definition) is 0. The van der Waals surface area contributed by atoms with Gasteiger partial charge in [0.2, 0.25) is 11.9 Å². The first-order chi connectivity index (χ1) is 13.5. The molecule has 8 nitrogen and oxygen atoms in total. The fourth-order valence-electron chi connectivity index (χ4n) is 3.70. The van der Waals surface area contributed by atoms with Gasteiger partial charge in [-0.05, 0) is 26.7 Å². The normalized spacial score (nSPS) is 17.8. The van der Waals surface area contributed by atoms with Crippen molar-refractivity contribution in [1.82, 2.24) is 24.7 Å². The second kappa shape index (κ2) is 9.52. The average Bonchev–Trinajstić information content (AvgIpc) is 3.24. The molecule has 0 unspecified atom stereocenters. The molecule has 0 aliphatic carbocycles. The van der Waals surface area contributed by atoms with Gasteiger partial charge in [0.05, 0.1) is 17.8 Å². The Balaban J connectivity index is 1.59. The lowest BCUT2D eigenvalue weighted by Crippen LogP contribution is -2.51. The largest absolute Gasteiger partial charge is 0.342 e. The van der Waals surface area contributed by atoms with Crippen LogP contribution in [0, 0.1) is 0 Å². The second-order valence-corrected chi connectivity index (χ2v) is 7.60. The Hall–Kier alpha value is -1.93. The SMILES string of the molecule is CCN(CC)C(=O)CN1CCN(C(=O)c2nc(N3CCCC3)ncc2Cl)CC1. The van der Waals surface area contributed by atoms with Crippen LogP contribution >= 0.6 is 11.6 Å². The number of hydrogen-bond acceptors (Lipinski definition) is 6. The maximum atomic E-state index is 13.0. The van der Waals surface area contributed by atoms with Crippen LogP contribution in [0.25, 0.3) is 0 Å². The second-order valence-electron chi connectivity index (χ2n) is 7.20. The Morgan fingerprint density at radius 2 is 1.71 bits per heavy atom. The smallest absolute Gasteiger partial charge is 0.274 e. The number of halogens is 1. The molecule has 2 saturated heterocycles. The number of likely N-dealkylation sites (N-methyl/N-ethyl adjacent to an activating group) is 1. The van der Waals surface area contributed by atoms with Gasteiger partial charge in [-0.3, -0.25) is 14.5 Å². The predicted molar refractivity (Wildman–Crippen MR) is 109 cm³/mol. The molecule has 0 spiro atoms. The molecule has 0 atom stereocenters. The zero-order valence-electron chi connectivity index (χ0n) is 16.7. The summed E-state index contributed by atoms with van der Waals surface area (Å²) in [5, 5.41) is 0.284. The number of aromatic nitrogens is 2. The van der Waals surface area contributed by atoms with Crippen LogP contribution in [0.5, 0.6) is 0 Å². The molecule has 1 aromatic rings. The molecule has 2 aliphatic rings. The van der Waals surface area contributed by atoms with Crippen molar-refractivity contribution in [3.63, 3.8) is 0 Å². The van der Waals surface area contributed by atoms with Gasteiger partial charge in [0.25, 0.3) is 5.91 Å². The third-order valence-electron chi connectivity index (χ3n) is 5.46. The van der Waals surface area contributed by atoms with E-state index < -0.39 is 0 Å². The number of carbonyl (C=O) groups excluding carboxylic acids is 2. The summed E-state index contributed by atoms with van der Waals surface area (Å²) in [5.41, 5.74) is 0.270. The molecule has 0 saturated carbocycles. The van der Waals surface area contributed by atoms with E-state index in [0.717, 1.165) is 39.0 Å². The van der Waals surface area contributed by atoms with Gasteiger partial charge in [-0.1, -0.05) is 11.6 Å². The number of rotatable bonds is 6. The van der Waals surface area contributed by atoms with Gasteiger partial charge in [0, 0.05) is 52.4 Å². The summed E-state index contributed by atoms with van der Waals surface area (Å²) in [4.78, 5) is 41.8. The summed E-state index contributed by atoms with van der Waals surface area (Å²) in [6.45, 7) is 10.1. The number of amides is 2. The van der Waals surface area contributed by atoms with Gasteiger partial charge in [0.15, 0.2) is 5.69 Å². The van der Waals surface area contributed by atoms with Crippen LogP contribution in [0.4, 0.5) is 5.95 Å². The van der Waals surface area contributed by atoms with E-state index in [1.807, 2.05) is 18.7 Å². The standard InChI is InChI=1S/C19H29ClN6O2/c1-3-24(4-2)16(27)14-23-9-11-25(12-10-23)18(28)17-15(20)13-21-19(22-17)26-7-5-6-8-26/h13H,3-12,14H2,1-2H3. The van der Waals surface area contributed by atoms with Crippen LogP contribution < -0.4 is 4.90 Å². The highest BCUT2D eigenvalue weighted by Gasteiger charge is 2.27. The van der Waals surface area contributed by atoms with E-state index in [4.69, 9.17) is 11.6 Å². The Kier molecular flexibility index (Phi) is 7.07. The molecular weight excluding hydrogens is 380 g/mol. The molecule has 9 heteroatoms. The Labute approximate surface area is 171 Å². The van der Waals surface area contributed by atoms with Crippen molar-refractivity contribution in [2.24, 2.45) is 0 Å². The molecule has 0 bridgehead atoms. The maximum absolute atomic E-state index is 13.0. The fourth-order valence-corrected chi connectivity index (χ4v) is 3.88. The van der Waals surface area contributed by atoms with E-state index in [-0.39, 0.29) is 22.5 Å². The average molecular weight is 409 g/mol. The lowest BCUT2D eigenvalue weighted by atomic mass is 10.2. The van der Waals surface area contributed by atoms with Crippen LogP contribution in [0.2, 0.25) is 5.02 Å². The van der Waals surface area contributed by atoms with Crippen LogP contribution in [0.15, 0.2) is 6.20 Å². The quantitative estimate of drug-likeness (QED) is 0.707. The van der Waals surface area contributed by atoms with Crippen molar-refractivity contribution < 1.29 is 9.59 Å². The van der Waals surface area contributed by atoms with E-state index in [1.54, 1.807) is 4.90 Å². The fraction of sp³-hybridized carbons (Fsp3) is 0.684. The highest BCUT2D eigenvalue weighted by atomic mass is 35.5. The molecule has 0 aromatic carbocycles. The first kappa shape index (κ1) is 20.8. The van der Waals surface area contributed by atoms with Crippen molar-refractivity contribution >= 4 is 29.4 Å². The Bertz CT molecular complexity index is 698. The van der Waals surface area contributed by atoms with Crippen molar-refractivity contribution in [1.29, 1.82) is 0 Å². The third-order valence-corrected chi connectivity index (χ3v) is 5.73.